The van der Waals surface area contributed by atoms with Gasteiger partial charge in [0.1, 0.15) is 5.01 Å². The van der Waals surface area contributed by atoms with Crippen LogP contribution in [-0.2, 0) is 11.3 Å². The molecule has 1 aromatic heterocycles. The Kier molecular flexibility index (Phi) is 4.47. The maximum Gasteiger partial charge on any atom is 0.293 e. The summed E-state index contributed by atoms with van der Waals surface area (Å²) in [6.07, 6.45) is 6.85. The van der Waals surface area contributed by atoms with Crippen LogP contribution in [0.5, 0.6) is 5.19 Å². The fraction of sp³-hybridized carbons (Fsp3) is 0.824. The zero-order chi connectivity index (χ0) is 16.6. The van der Waals surface area contributed by atoms with E-state index in [1.165, 1.54) is 37.0 Å². The molecule has 2 aliphatic heterocycles. The number of methoxy groups -OCH3 is 1. The van der Waals surface area contributed by atoms with E-state index in [2.05, 4.69) is 20.0 Å². The third-order valence-electron chi connectivity index (χ3n) is 5.65. The minimum absolute atomic E-state index is 0.288. The summed E-state index contributed by atoms with van der Waals surface area (Å²) in [5.41, 5.74) is 0.288. The Balaban J connectivity index is 1.40. The lowest BCUT2D eigenvalue weighted by Crippen LogP contribution is -2.54. The molecule has 3 aliphatic rings. The summed E-state index contributed by atoms with van der Waals surface area (Å²) >= 11 is 1.53. The van der Waals surface area contributed by atoms with Crippen molar-refractivity contribution in [2.75, 3.05) is 33.3 Å². The van der Waals surface area contributed by atoms with Gasteiger partial charge in [0.05, 0.1) is 13.7 Å². The van der Waals surface area contributed by atoms with Gasteiger partial charge < -0.3 is 9.64 Å². The van der Waals surface area contributed by atoms with E-state index in [4.69, 9.17) is 4.74 Å². The fourth-order valence-electron chi connectivity index (χ4n) is 4.23. The van der Waals surface area contributed by atoms with E-state index in [0.29, 0.717) is 11.1 Å². The monoisotopic (exact) mass is 350 g/mol. The second kappa shape index (κ2) is 6.59. The molecular weight excluding hydrogens is 324 g/mol. The maximum atomic E-state index is 12.3. The standard InChI is InChI=1S/C17H26N4O2S/c1-23-16-19-18-14(24-16)10-20-8-2-6-17(11-20)7-5-15(22)21(12-17)9-13-3-4-13/h13H,2-12H2,1H3/t17-/m1/s1. The van der Waals surface area contributed by atoms with Crippen LogP contribution in [0.1, 0.15) is 43.5 Å². The highest BCUT2D eigenvalue weighted by Gasteiger charge is 2.42. The number of carbonyl (C=O) groups excluding carboxylic acids is 1. The molecule has 7 heteroatoms. The van der Waals surface area contributed by atoms with Crippen molar-refractivity contribution < 1.29 is 9.53 Å². The largest absolute Gasteiger partial charge is 0.472 e. The van der Waals surface area contributed by atoms with Crippen LogP contribution in [0.2, 0.25) is 0 Å². The Morgan fingerprint density at radius 1 is 1.29 bits per heavy atom. The van der Waals surface area contributed by atoms with Crippen molar-refractivity contribution in [1.29, 1.82) is 0 Å². The molecule has 0 bridgehead atoms. The van der Waals surface area contributed by atoms with Crippen LogP contribution in [0, 0.1) is 11.3 Å². The van der Waals surface area contributed by atoms with Gasteiger partial charge in [-0.3, -0.25) is 9.69 Å². The molecule has 1 amide bonds. The van der Waals surface area contributed by atoms with Crippen LogP contribution in [0.25, 0.3) is 0 Å². The van der Waals surface area contributed by atoms with Crippen molar-refractivity contribution in [2.24, 2.45) is 11.3 Å². The van der Waals surface area contributed by atoms with Crippen molar-refractivity contribution >= 4 is 17.2 Å². The van der Waals surface area contributed by atoms with Crippen LogP contribution in [0.3, 0.4) is 0 Å². The molecule has 132 valence electrons. The van der Waals surface area contributed by atoms with E-state index in [0.717, 1.165) is 56.5 Å². The first kappa shape index (κ1) is 16.3. The van der Waals surface area contributed by atoms with E-state index >= 15 is 0 Å². The molecule has 0 radical (unpaired) electrons. The highest BCUT2D eigenvalue weighted by atomic mass is 32.1. The summed E-state index contributed by atoms with van der Waals surface area (Å²) in [6, 6.07) is 0. The van der Waals surface area contributed by atoms with E-state index in [1.54, 1.807) is 7.11 Å². The summed E-state index contributed by atoms with van der Waals surface area (Å²) in [4.78, 5) is 16.9. The van der Waals surface area contributed by atoms with E-state index in [-0.39, 0.29) is 5.41 Å². The number of hydrogen-bond acceptors (Lipinski definition) is 6. The number of nitrogens with zero attached hydrogens (tertiary/aromatic N) is 4. The fourth-order valence-corrected chi connectivity index (χ4v) is 4.93. The summed E-state index contributed by atoms with van der Waals surface area (Å²) in [7, 11) is 1.63. The molecule has 0 N–H and O–H groups in total. The molecule has 4 rings (SSSR count). The van der Waals surface area contributed by atoms with E-state index < -0.39 is 0 Å². The first-order valence-electron chi connectivity index (χ1n) is 9.02. The van der Waals surface area contributed by atoms with Crippen LogP contribution >= 0.6 is 11.3 Å². The smallest absolute Gasteiger partial charge is 0.293 e. The van der Waals surface area contributed by atoms with Gasteiger partial charge in [0.2, 0.25) is 5.91 Å². The summed E-state index contributed by atoms with van der Waals surface area (Å²) in [6.45, 7) is 4.98. The van der Waals surface area contributed by atoms with Gasteiger partial charge in [0.25, 0.3) is 5.19 Å². The number of likely N-dealkylation sites (tertiary alicyclic amines) is 2. The van der Waals surface area contributed by atoms with Gasteiger partial charge in [-0.25, -0.2) is 0 Å². The molecule has 3 fully saturated rings. The van der Waals surface area contributed by atoms with Gasteiger partial charge in [0, 0.05) is 31.5 Å². The SMILES string of the molecule is COc1nnc(CN2CCC[C@@]3(CCC(=O)N(CC4CC4)C3)C2)s1. The van der Waals surface area contributed by atoms with Crippen molar-refractivity contribution in [3.05, 3.63) is 5.01 Å². The molecule has 24 heavy (non-hydrogen) atoms. The molecule has 6 nitrogen and oxygen atoms in total. The first-order valence-corrected chi connectivity index (χ1v) is 9.84. The highest BCUT2D eigenvalue weighted by Crippen LogP contribution is 2.41. The number of ether oxygens (including phenoxy) is 1. The molecule has 1 spiro atoms. The second-order valence-corrected chi connectivity index (χ2v) is 8.72. The number of rotatable bonds is 5. The number of hydrogen-bond donors (Lipinski definition) is 0. The Hall–Kier alpha value is -1.21. The van der Waals surface area contributed by atoms with Crippen LogP contribution in [0.15, 0.2) is 0 Å². The third kappa shape index (κ3) is 3.57. The highest BCUT2D eigenvalue weighted by molar-refractivity contribution is 7.13. The Morgan fingerprint density at radius 3 is 2.92 bits per heavy atom. The average molecular weight is 350 g/mol. The molecule has 1 saturated carbocycles. The van der Waals surface area contributed by atoms with Crippen LogP contribution < -0.4 is 4.74 Å². The minimum Gasteiger partial charge on any atom is -0.472 e. The van der Waals surface area contributed by atoms with Gasteiger partial charge >= 0.3 is 0 Å². The Morgan fingerprint density at radius 2 is 2.17 bits per heavy atom. The van der Waals surface area contributed by atoms with E-state index in [9.17, 15) is 4.79 Å². The third-order valence-corrected chi connectivity index (χ3v) is 6.52. The predicted molar refractivity (Wildman–Crippen MR) is 91.9 cm³/mol. The maximum absolute atomic E-state index is 12.3. The molecule has 3 heterocycles. The van der Waals surface area contributed by atoms with Gasteiger partial charge in [0.15, 0.2) is 0 Å². The van der Waals surface area contributed by atoms with E-state index in [1.807, 2.05) is 0 Å². The van der Waals surface area contributed by atoms with Crippen molar-refractivity contribution in [1.82, 2.24) is 20.0 Å². The average Bonchev–Trinajstić information content (AvgIpc) is 3.28. The van der Waals surface area contributed by atoms with Crippen molar-refractivity contribution in [3.8, 4) is 5.19 Å². The number of piperidine rings is 2. The molecular formula is C17H26N4O2S. The second-order valence-electron chi connectivity index (χ2n) is 7.70. The van der Waals surface area contributed by atoms with Crippen LogP contribution in [-0.4, -0.2) is 59.2 Å². The molecule has 2 saturated heterocycles. The lowest BCUT2D eigenvalue weighted by molar-refractivity contribution is -0.139. The number of amides is 1. The normalized spacial score (nSPS) is 28.5. The predicted octanol–water partition coefficient (Wildman–Crippen LogP) is 2.16. The molecule has 1 aliphatic carbocycles. The Labute approximate surface area is 147 Å². The summed E-state index contributed by atoms with van der Waals surface area (Å²) in [5, 5.41) is 9.91. The summed E-state index contributed by atoms with van der Waals surface area (Å²) < 4.78 is 5.14. The van der Waals surface area contributed by atoms with Gasteiger partial charge in [-0.15, -0.1) is 10.2 Å². The zero-order valence-electron chi connectivity index (χ0n) is 14.4. The Bertz CT molecular complexity index is 603. The molecule has 1 atom stereocenters. The van der Waals surface area contributed by atoms with Crippen LogP contribution in [0.4, 0.5) is 0 Å². The topological polar surface area (TPSA) is 58.6 Å². The van der Waals surface area contributed by atoms with Crippen molar-refractivity contribution in [3.63, 3.8) is 0 Å². The lowest BCUT2D eigenvalue weighted by atomic mass is 9.73. The molecule has 1 aromatic rings. The van der Waals surface area contributed by atoms with Gasteiger partial charge in [-0.05, 0) is 44.6 Å². The van der Waals surface area contributed by atoms with Crippen molar-refractivity contribution in [2.45, 2.75) is 45.1 Å². The number of carbonyl (C=O) groups is 1. The quantitative estimate of drug-likeness (QED) is 0.814. The lowest BCUT2D eigenvalue weighted by Gasteiger charge is -2.48. The first-order chi connectivity index (χ1) is 11.7. The van der Waals surface area contributed by atoms with Gasteiger partial charge in [-0.2, -0.15) is 0 Å². The summed E-state index contributed by atoms with van der Waals surface area (Å²) in [5.74, 6) is 1.15. The molecule has 0 aromatic carbocycles. The zero-order valence-corrected chi connectivity index (χ0v) is 15.2. The molecule has 0 unspecified atom stereocenters. The number of aromatic nitrogens is 2. The minimum atomic E-state index is 0.288. The van der Waals surface area contributed by atoms with Gasteiger partial charge in [-0.1, -0.05) is 11.3 Å².